The lowest BCUT2D eigenvalue weighted by atomic mass is 9.87. The lowest BCUT2D eigenvalue weighted by Gasteiger charge is -2.30. The number of fused-ring (bicyclic) bond motifs is 2. The van der Waals surface area contributed by atoms with Crippen LogP contribution in [0.2, 0.25) is 0 Å². The van der Waals surface area contributed by atoms with Crippen molar-refractivity contribution in [1.82, 2.24) is 5.32 Å². The highest BCUT2D eigenvalue weighted by Gasteiger charge is 2.31. The quantitative estimate of drug-likeness (QED) is 0.117. The fourth-order valence-electron chi connectivity index (χ4n) is 5.73. The molecule has 3 rings (SSSR count). The van der Waals surface area contributed by atoms with Gasteiger partial charge < -0.3 is 40.5 Å². The molecule has 11 heteroatoms. The lowest BCUT2D eigenvalue weighted by molar-refractivity contribution is -0.156. The summed E-state index contributed by atoms with van der Waals surface area (Å²) in [6, 6.07) is 1.81. The van der Waals surface area contributed by atoms with E-state index in [4.69, 9.17) is 9.47 Å². The van der Waals surface area contributed by atoms with Crippen molar-refractivity contribution in [2.45, 2.75) is 103 Å². The van der Waals surface area contributed by atoms with Gasteiger partial charge in [0.05, 0.1) is 30.4 Å². The number of allylic oxidation sites excluding steroid dienone is 5. The minimum absolute atomic E-state index is 0.0193. The number of phenolic OH excluding ortho intramolecular Hbond substituents is 2. The molecule has 2 aliphatic rings. The maximum absolute atomic E-state index is 13.2. The molecule has 1 aromatic rings. The summed E-state index contributed by atoms with van der Waals surface area (Å²) in [6.07, 6.45) is 13.0. The number of aliphatic hydroxyl groups is 2. The van der Waals surface area contributed by atoms with E-state index in [-0.39, 0.29) is 41.5 Å². The molecule has 2 amide bonds. The monoisotopic (exact) mass is 654 g/mol. The average molecular weight is 655 g/mol. The zero-order valence-corrected chi connectivity index (χ0v) is 27.7. The Morgan fingerprint density at radius 2 is 1.74 bits per heavy atom. The van der Waals surface area contributed by atoms with Gasteiger partial charge in [-0.2, -0.15) is 0 Å². The lowest BCUT2D eigenvalue weighted by Crippen LogP contribution is -2.45. The summed E-state index contributed by atoms with van der Waals surface area (Å²) in [4.78, 5) is 38.6. The van der Waals surface area contributed by atoms with E-state index in [2.05, 4.69) is 10.6 Å². The molecule has 1 saturated carbocycles. The Labute approximate surface area is 277 Å². The fraction of sp³-hybridized carbons (Fsp3) is 0.528. The number of methoxy groups -OCH3 is 1. The summed E-state index contributed by atoms with van der Waals surface area (Å²) in [5.74, 6) is -2.30. The van der Waals surface area contributed by atoms with Crippen LogP contribution in [0.3, 0.4) is 0 Å². The average Bonchev–Trinajstić information content (AvgIpc) is 3.03. The number of aromatic hydroxyl groups is 2. The standard InChI is InChI=1S/C36H50N2O9/c1-22-11-10-12-26-19-28(40)20-30(34(26)43)38-32(41)21-29(46-4)13-8-6-5-7-9-14-31(23(2)33(22)42)47-36(45)24(3)37-35(44)25-15-17-27(39)18-16-25/h5-9,11,13,19-20,23-25,27,29,31,33,39-40,42-43H,10,12,14-18,21H2,1-4H3,(H,37,44)(H,38,41)/b6-5+,9-7+,13-8+,22-11-/t23?,24-,25?,27?,29?,31?,33?/m0/s1. The second kappa shape index (κ2) is 18.4. The van der Waals surface area contributed by atoms with Crippen molar-refractivity contribution in [2.24, 2.45) is 11.8 Å². The normalized spacial score (nSPS) is 30.3. The molecule has 0 spiro atoms. The molecule has 1 aliphatic carbocycles. The van der Waals surface area contributed by atoms with Crippen molar-refractivity contribution in [3.8, 4) is 11.5 Å². The fourth-order valence-corrected chi connectivity index (χ4v) is 5.73. The molecule has 258 valence electrons. The first-order valence-electron chi connectivity index (χ1n) is 16.3. The summed E-state index contributed by atoms with van der Waals surface area (Å²) in [6.45, 7) is 5.13. The van der Waals surface area contributed by atoms with E-state index in [0.29, 0.717) is 56.1 Å². The summed E-state index contributed by atoms with van der Waals surface area (Å²) in [7, 11) is 1.48. The highest BCUT2D eigenvalue weighted by Crippen LogP contribution is 2.34. The van der Waals surface area contributed by atoms with Crippen LogP contribution in [0, 0.1) is 11.8 Å². The number of aliphatic hydroxyl groups excluding tert-OH is 2. The van der Waals surface area contributed by atoms with Gasteiger partial charge in [-0.05, 0) is 69.6 Å². The van der Waals surface area contributed by atoms with Crippen LogP contribution in [0.4, 0.5) is 5.69 Å². The van der Waals surface area contributed by atoms with Gasteiger partial charge in [-0.25, -0.2) is 4.79 Å². The molecule has 1 aliphatic heterocycles. The van der Waals surface area contributed by atoms with Crippen LogP contribution in [0.15, 0.2) is 60.2 Å². The number of carbonyl (C=O) groups is 3. The topological polar surface area (TPSA) is 175 Å². The van der Waals surface area contributed by atoms with Crippen molar-refractivity contribution >= 4 is 23.5 Å². The number of anilines is 1. The van der Waals surface area contributed by atoms with E-state index in [1.54, 1.807) is 51.2 Å². The smallest absolute Gasteiger partial charge is 0.328 e. The minimum atomic E-state index is -0.967. The first-order valence-corrected chi connectivity index (χ1v) is 16.3. The van der Waals surface area contributed by atoms with Crippen molar-refractivity contribution < 1.29 is 44.3 Å². The van der Waals surface area contributed by atoms with Crippen molar-refractivity contribution in [3.63, 3.8) is 0 Å². The maximum atomic E-state index is 13.2. The van der Waals surface area contributed by atoms with Gasteiger partial charge in [0.2, 0.25) is 11.8 Å². The molecule has 2 bridgehead atoms. The number of hydrogen-bond donors (Lipinski definition) is 6. The number of hydrogen-bond acceptors (Lipinski definition) is 9. The van der Waals surface area contributed by atoms with Crippen molar-refractivity contribution in [1.29, 1.82) is 0 Å². The number of amides is 2. The Hall–Kier alpha value is -3.93. The van der Waals surface area contributed by atoms with E-state index in [1.807, 2.05) is 12.2 Å². The van der Waals surface area contributed by atoms with E-state index in [1.165, 1.54) is 19.2 Å². The number of phenols is 2. The Morgan fingerprint density at radius 3 is 2.45 bits per heavy atom. The minimum Gasteiger partial charge on any atom is -0.508 e. The Balaban J connectivity index is 1.80. The van der Waals surface area contributed by atoms with Crippen LogP contribution in [-0.2, 0) is 30.3 Å². The predicted octanol–water partition coefficient (Wildman–Crippen LogP) is 4.36. The van der Waals surface area contributed by atoms with Crippen LogP contribution >= 0.6 is 0 Å². The first kappa shape index (κ1) is 37.5. The second-order valence-corrected chi connectivity index (χ2v) is 12.5. The third-order valence-corrected chi connectivity index (χ3v) is 8.78. The molecular formula is C36H50N2O9. The maximum Gasteiger partial charge on any atom is 0.328 e. The molecule has 0 aromatic heterocycles. The summed E-state index contributed by atoms with van der Waals surface area (Å²) in [5, 5.41) is 47.5. The van der Waals surface area contributed by atoms with Gasteiger partial charge in [-0.1, -0.05) is 49.5 Å². The molecule has 47 heavy (non-hydrogen) atoms. The van der Waals surface area contributed by atoms with E-state index >= 15 is 0 Å². The molecule has 5 atom stereocenters. The van der Waals surface area contributed by atoms with Crippen LogP contribution in [-0.4, -0.2) is 75.8 Å². The molecule has 1 aromatic carbocycles. The van der Waals surface area contributed by atoms with Gasteiger partial charge in [-0.3, -0.25) is 9.59 Å². The Morgan fingerprint density at radius 1 is 1.04 bits per heavy atom. The Kier molecular flexibility index (Phi) is 14.7. The van der Waals surface area contributed by atoms with Crippen molar-refractivity contribution in [3.05, 3.63) is 65.8 Å². The highest BCUT2D eigenvalue weighted by molar-refractivity contribution is 5.93. The molecule has 11 nitrogen and oxygen atoms in total. The number of benzene rings is 1. The van der Waals surface area contributed by atoms with Crippen LogP contribution in [0.25, 0.3) is 0 Å². The zero-order chi connectivity index (χ0) is 34.5. The molecule has 6 N–H and O–H groups in total. The second-order valence-electron chi connectivity index (χ2n) is 12.5. The number of nitrogens with one attached hydrogen (secondary N) is 2. The van der Waals surface area contributed by atoms with E-state index < -0.39 is 42.1 Å². The SMILES string of the molecule is COC1/C=C/C=C/C=C/CC(OC(=O)[C@H](C)NC(=O)C2CCC(O)CC2)C(C)C(O)/C(C)=C\CCc2cc(O)cc(c2O)NC(=O)C1. The van der Waals surface area contributed by atoms with Gasteiger partial charge in [0.25, 0.3) is 0 Å². The number of aryl methyl sites for hydroxylation is 1. The van der Waals surface area contributed by atoms with Gasteiger partial charge in [-0.15, -0.1) is 0 Å². The third kappa shape index (κ3) is 11.7. The van der Waals surface area contributed by atoms with Gasteiger partial charge >= 0.3 is 5.97 Å². The molecule has 0 saturated heterocycles. The molecule has 1 fully saturated rings. The zero-order valence-electron chi connectivity index (χ0n) is 27.7. The summed E-state index contributed by atoms with van der Waals surface area (Å²) in [5.41, 5.74) is 1.14. The predicted molar refractivity (Wildman–Crippen MR) is 179 cm³/mol. The summed E-state index contributed by atoms with van der Waals surface area (Å²) >= 11 is 0. The highest BCUT2D eigenvalue weighted by atomic mass is 16.5. The number of esters is 1. The summed E-state index contributed by atoms with van der Waals surface area (Å²) < 4.78 is 11.3. The van der Waals surface area contributed by atoms with Crippen molar-refractivity contribution in [2.75, 3.05) is 12.4 Å². The Bertz CT molecular complexity index is 1340. The number of ether oxygens (including phenoxy) is 2. The van der Waals surface area contributed by atoms with Crippen LogP contribution in [0.1, 0.15) is 71.3 Å². The van der Waals surface area contributed by atoms with Gasteiger partial charge in [0.1, 0.15) is 23.6 Å². The number of rotatable bonds is 5. The molecule has 1 heterocycles. The van der Waals surface area contributed by atoms with Crippen LogP contribution < -0.4 is 10.6 Å². The van der Waals surface area contributed by atoms with E-state index in [9.17, 15) is 34.8 Å². The van der Waals surface area contributed by atoms with E-state index in [0.717, 1.165) is 0 Å². The first-order chi connectivity index (χ1) is 22.4. The molecular weight excluding hydrogens is 604 g/mol. The molecule has 4 unspecified atom stereocenters. The number of carbonyl (C=O) groups excluding carboxylic acids is 3. The van der Waals surface area contributed by atoms with Crippen LogP contribution in [0.5, 0.6) is 11.5 Å². The third-order valence-electron chi connectivity index (χ3n) is 8.78. The van der Waals surface area contributed by atoms with Gasteiger partial charge in [0, 0.05) is 31.4 Å². The largest absolute Gasteiger partial charge is 0.508 e. The van der Waals surface area contributed by atoms with Gasteiger partial charge in [0.15, 0.2) is 0 Å². The molecule has 0 radical (unpaired) electrons.